The summed E-state index contributed by atoms with van der Waals surface area (Å²) in [7, 11) is -0.977. The molecule has 94 valence electrons. The lowest BCUT2D eigenvalue weighted by Gasteiger charge is -2.21. The molecule has 0 saturated heterocycles. The zero-order valence-corrected chi connectivity index (χ0v) is 11.0. The minimum Gasteiger partial charge on any atom is -0.355 e. The maximum absolute atomic E-state index is 11.3. The molecule has 1 rings (SSSR count). The van der Waals surface area contributed by atoms with Crippen molar-refractivity contribution in [3.63, 3.8) is 0 Å². The van der Waals surface area contributed by atoms with Gasteiger partial charge in [0.2, 0.25) is 5.91 Å². The van der Waals surface area contributed by atoms with Gasteiger partial charge < -0.3 is 5.32 Å². The monoisotopic (exact) mass is 245 g/mol. The highest BCUT2D eigenvalue weighted by atomic mass is 32.2. The summed E-state index contributed by atoms with van der Waals surface area (Å²) in [6.07, 6.45) is 7.79. The predicted octanol–water partition coefficient (Wildman–Crippen LogP) is 1.84. The van der Waals surface area contributed by atoms with Crippen LogP contribution in [0.2, 0.25) is 0 Å². The molecule has 1 saturated carbocycles. The molecule has 0 aromatic rings. The zero-order chi connectivity index (χ0) is 11.8. The number of carbonyl (C=O) groups excluding carboxylic acids is 1. The quantitative estimate of drug-likeness (QED) is 0.776. The Morgan fingerprint density at radius 2 is 2.00 bits per heavy atom. The third-order valence-corrected chi connectivity index (χ3v) is 4.44. The van der Waals surface area contributed by atoms with Gasteiger partial charge in [-0.1, -0.05) is 39.0 Å². The molecular weight excluding hydrogens is 222 g/mol. The van der Waals surface area contributed by atoms with Crippen LogP contribution in [0.4, 0.5) is 0 Å². The summed E-state index contributed by atoms with van der Waals surface area (Å²) in [6, 6.07) is 0. The van der Waals surface area contributed by atoms with Gasteiger partial charge in [-0.2, -0.15) is 0 Å². The number of rotatable bonds is 6. The van der Waals surface area contributed by atoms with E-state index in [-0.39, 0.29) is 11.7 Å². The summed E-state index contributed by atoms with van der Waals surface area (Å²) in [6.45, 7) is 2.59. The second-order valence-corrected chi connectivity index (χ2v) is 6.26. The summed E-state index contributed by atoms with van der Waals surface area (Å²) in [5.41, 5.74) is 0. The van der Waals surface area contributed by atoms with Crippen molar-refractivity contribution in [3.05, 3.63) is 0 Å². The molecule has 0 aliphatic heterocycles. The van der Waals surface area contributed by atoms with Gasteiger partial charge in [0.05, 0.1) is 0 Å². The predicted molar refractivity (Wildman–Crippen MR) is 67.8 cm³/mol. The van der Waals surface area contributed by atoms with E-state index in [9.17, 15) is 9.00 Å². The van der Waals surface area contributed by atoms with Crippen molar-refractivity contribution in [2.24, 2.45) is 5.92 Å². The Morgan fingerprint density at radius 1 is 1.31 bits per heavy atom. The third-order valence-electron chi connectivity index (χ3n) is 3.21. The molecule has 0 radical (unpaired) electrons. The summed E-state index contributed by atoms with van der Waals surface area (Å²) >= 11 is 0. The highest BCUT2D eigenvalue weighted by molar-refractivity contribution is 7.85. The first-order chi connectivity index (χ1) is 7.72. The van der Waals surface area contributed by atoms with Crippen LogP contribution >= 0.6 is 0 Å². The third kappa shape index (κ3) is 5.64. The van der Waals surface area contributed by atoms with E-state index in [0.717, 1.165) is 18.9 Å². The normalized spacial score (nSPS) is 19.3. The molecule has 1 N–H and O–H groups in total. The maximum Gasteiger partial charge on any atom is 0.232 e. The van der Waals surface area contributed by atoms with Crippen LogP contribution in [-0.2, 0) is 15.6 Å². The van der Waals surface area contributed by atoms with Crippen molar-refractivity contribution in [2.45, 2.75) is 45.4 Å². The van der Waals surface area contributed by atoms with Gasteiger partial charge in [-0.3, -0.25) is 9.00 Å². The molecule has 1 atom stereocenters. The largest absolute Gasteiger partial charge is 0.355 e. The zero-order valence-electron chi connectivity index (χ0n) is 10.2. The lowest BCUT2D eigenvalue weighted by molar-refractivity contribution is -0.118. The second kappa shape index (κ2) is 7.82. The lowest BCUT2D eigenvalue weighted by atomic mass is 9.87. The van der Waals surface area contributed by atoms with Crippen LogP contribution in [-0.4, -0.2) is 28.2 Å². The fourth-order valence-corrected chi connectivity index (χ4v) is 2.79. The van der Waals surface area contributed by atoms with Crippen molar-refractivity contribution in [3.8, 4) is 0 Å². The van der Waals surface area contributed by atoms with E-state index in [1.165, 1.54) is 32.1 Å². The van der Waals surface area contributed by atoms with Gasteiger partial charge in [0.15, 0.2) is 0 Å². The molecule has 0 spiro atoms. The van der Waals surface area contributed by atoms with Crippen LogP contribution in [0, 0.1) is 5.92 Å². The van der Waals surface area contributed by atoms with Crippen molar-refractivity contribution in [2.75, 3.05) is 18.1 Å². The van der Waals surface area contributed by atoms with Crippen LogP contribution in [0.1, 0.15) is 45.4 Å². The van der Waals surface area contributed by atoms with Crippen LogP contribution in [0.25, 0.3) is 0 Å². The summed E-state index contributed by atoms with van der Waals surface area (Å²) in [4.78, 5) is 11.3. The average molecular weight is 245 g/mol. The number of hydrogen-bond acceptors (Lipinski definition) is 2. The van der Waals surface area contributed by atoms with Crippen LogP contribution in [0.5, 0.6) is 0 Å². The fourth-order valence-electron chi connectivity index (χ4n) is 2.19. The average Bonchev–Trinajstić information content (AvgIpc) is 2.30. The highest BCUT2D eigenvalue weighted by Crippen LogP contribution is 2.25. The Hall–Kier alpha value is -0.380. The topological polar surface area (TPSA) is 46.2 Å². The first-order valence-electron chi connectivity index (χ1n) is 6.34. The van der Waals surface area contributed by atoms with E-state index in [1.54, 1.807) is 0 Å². The molecule has 1 amide bonds. The van der Waals surface area contributed by atoms with E-state index >= 15 is 0 Å². The Kier molecular flexibility index (Phi) is 6.69. The number of amides is 1. The van der Waals surface area contributed by atoms with Gasteiger partial charge in [0.1, 0.15) is 5.75 Å². The molecule has 0 aromatic heterocycles. The molecule has 0 bridgehead atoms. The van der Waals surface area contributed by atoms with E-state index < -0.39 is 10.8 Å². The van der Waals surface area contributed by atoms with E-state index in [2.05, 4.69) is 5.32 Å². The van der Waals surface area contributed by atoms with Gasteiger partial charge in [-0.25, -0.2) is 0 Å². The van der Waals surface area contributed by atoms with E-state index in [4.69, 9.17) is 0 Å². The van der Waals surface area contributed by atoms with Gasteiger partial charge in [0.25, 0.3) is 0 Å². The van der Waals surface area contributed by atoms with Crippen LogP contribution < -0.4 is 5.32 Å². The SMILES string of the molecule is CC[S@@](=O)CC(=O)NCCC1CCCCC1. The number of nitrogens with one attached hydrogen (secondary N) is 1. The smallest absolute Gasteiger partial charge is 0.232 e. The van der Waals surface area contributed by atoms with Crippen LogP contribution in [0.15, 0.2) is 0 Å². The molecule has 4 heteroatoms. The van der Waals surface area contributed by atoms with Gasteiger partial charge in [-0.15, -0.1) is 0 Å². The minimum atomic E-state index is -0.977. The second-order valence-electron chi connectivity index (χ2n) is 4.52. The molecule has 16 heavy (non-hydrogen) atoms. The van der Waals surface area contributed by atoms with Gasteiger partial charge >= 0.3 is 0 Å². The minimum absolute atomic E-state index is 0.0593. The molecule has 1 aliphatic rings. The Morgan fingerprint density at radius 3 is 2.62 bits per heavy atom. The number of hydrogen-bond donors (Lipinski definition) is 1. The first kappa shape index (κ1) is 13.7. The van der Waals surface area contributed by atoms with Crippen molar-refractivity contribution in [1.29, 1.82) is 0 Å². The van der Waals surface area contributed by atoms with E-state index in [1.807, 2.05) is 6.92 Å². The van der Waals surface area contributed by atoms with E-state index in [0.29, 0.717) is 5.75 Å². The Bertz CT molecular complexity index is 237. The molecule has 0 aromatic carbocycles. The molecule has 1 fully saturated rings. The van der Waals surface area contributed by atoms with Crippen LogP contribution in [0.3, 0.4) is 0 Å². The van der Waals surface area contributed by atoms with Crippen molar-refractivity contribution < 1.29 is 9.00 Å². The Balaban J connectivity index is 2.05. The Labute approximate surface area is 101 Å². The summed E-state index contributed by atoms with van der Waals surface area (Å²) < 4.78 is 11.1. The van der Waals surface area contributed by atoms with Gasteiger partial charge in [-0.05, 0) is 12.3 Å². The lowest BCUT2D eigenvalue weighted by Crippen LogP contribution is -2.30. The fraction of sp³-hybridized carbons (Fsp3) is 0.917. The van der Waals surface area contributed by atoms with Gasteiger partial charge in [0, 0.05) is 23.1 Å². The molecular formula is C12H23NO2S. The van der Waals surface area contributed by atoms with Crippen molar-refractivity contribution >= 4 is 16.7 Å². The summed E-state index contributed by atoms with van der Waals surface area (Å²) in [5.74, 6) is 1.47. The molecule has 0 unspecified atom stereocenters. The van der Waals surface area contributed by atoms with Crippen molar-refractivity contribution in [1.82, 2.24) is 5.32 Å². The molecule has 1 aliphatic carbocycles. The summed E-state index contributed by atoms with van der Waals surface area (Å²) in [5, 5.41) is 2.86. The first-order valence-corrected chi connectivity index (χ1v) is 7.83. The standard InChI is InChI=1S/C12H23NO2S/c1-2-16(15)10-12(14)13-9-8-11-6-4-3-5-7-11/h11H,2-10H2,1H3,(H,13,14)/t16-/m1/s1. The molecule has 3 nitrogen and oxygen atoms in total. The number of carbonyl (C=O) groups is 1. The maximum atomic E-state index is 11.3. The molecule has 0 heterocycles. The highest BCUT2D eigenvalue weighted by Gasteiger charge is 2.13.